The molecule has 0 N–H and O–H groups in total. The average molecular weight is 313 g/mol. The van der Waals surface area contributed by atoms with Crippen molar-refractivity contribution in [1.82, 2.24) is 4.98 Å². The zero-order chi connectivity index (χ0) is 15.5. The van der Waals surface area contributed by atoms with Crippen LogP contribution >= 0.6 is 11.3 Å². The van der Waals surface area contributed by atoms with Gasteiger partial charge in [-0.15, -0.1) is 11.3 Å². The lowest BCUT2D eigenvalue weighted by Crippen LogP contribution is -2.24. The Morgan fingerprint density at radius 3 is 2.95 bits per heavy atom. The van der Waals surface area contributed by atoms with Gasteiger partial charge in [-0.05, 0) is 18.4 Å². The number of thiazole rings is 1. The highest BCUT2D eigenvalue weighted by molar-refractivity contribution is 7.16. The molecule has 1 aliphatic rings. The van der Waals surface area contributed by atoms with Crippen molar-refractivity contribution in [3.05, 3.63) is 45.7 Å². The number of hydrogen-bond acceptors (Lipinski definition) is 4. The fraction of sp³-hybridized carbons (Fsp3) is 0.333. The monoisotopic (exact) mass is 313 g/mol. The third-order valence-electron chi connectivity index (χ3n) is 3.67. The van der Waals surface area contributed by atoms with Gasteiger partial charge < -0.3 is 0 Å². The van der Waals surface area contributed by atoms with Crippen LogP contribution in [0.3, 0.4) is 0 Å². The topological polar surface area (TPSA) is 82.0 Å². The van der Waals surface area contributed by atoms with Crippen molar-refractivity contribution in [3.63, 3.8) is 0 Å². The third kappa shape index (κ3) is 2.81. The Morgan fingerprint density at radius 1 is 1.45 bits per heavy atom. The van der Waals surface area contributed by atoms with Gasteiger partial charge in [-0.1, -0.05) is 35.4 Å². The molecule has 7 heteroatoms. The molecule has 22 heavy (non-hydrogen) atoms. The Kier molecular flexibility index (Phi) is 4.09. The predicted octanol–water partition coefficient (Wildman–Crippen LogP) is 3.78. The number of aromatic nitrogens is 1. The Hall–Kier alpha value is -2.37. The van der Waals surface area contributed by atoms with E-state index in [9.17, 15) is 4.79 Å². The number of carbonyl (C=O) groups is 1. The molecule has 1 saturated heterocycles. The maximum absolute atomic E-state index is 12.2. The van der Waals surface area contributed by atoms with Gasteiger partial charge in [-0.25, -0.2) is 4.98 Å². The number of benzene rings is 1. The molecule has 6 nitrogen and oxygen atoms in total. The number of amides is 1. The molecule has 112 valence electrons. The number of rotatable bonds is 4. The van der Waals surface area contributed by atoms with E-state index in [1.807, 2.05) is 37.3 Å². The van der Waals surface area contributed by atoms with Gasteiger partial charge in [0.1, 0.15) is 0 Å². The maximum Gasteiger partial charge on any atom is 0.229 e. The first-order valence-electron chi connectivity index (χ1n) is 7.03. The van der Waals surface area contributed by atoms with E-state index in [0.29, 0.717) is 19.5 Å². The van der Waals surface area contributed by atoms with Crippen LogP contribution in [0.25, 0.3) is 21.7 Å². The summed E-state index contributed by atoms with van der Waals surface area (Å²) in [5, 5.41) is 4.30. The number of hydrogen-bond donors (Lipinski definition) is 0. The first-order valence-corrected chi connectivity index (χ1v) is 7.84. The van der Waals surface area contributed by atoms with E-state index in [2.05, 4.69) is 15.0 Å². The van der Waals surface area contributed by atoms with Crippen LogP contribution in [0.4, 0.5) is 5.13 Å². The molecule has 0 saturated carbocycles. The van der Waals surface area contributed by atoms with Gasteiger partial charge in [-0.2, -0.15) is 0 Å². The van der Waals surface area contributed by atoms with Gasteiger partial charge in [0.15, 0.2) is 5.13 Å². The van der Waals surface area contributed by atoms with Crippen LogP contribution in [0.5, 0.6) is 0 Å². The zero-order valence-corrected chi connectivity index (χ0v) is 13.0. The van der Waals surface area contributed by atoms with Crippen molar-refractivity contribution in [3.8, 4) is 11.3 Å². The lowest BCUT2D eigenvalue weighted by molar-refractivity contribution is -0.117. The maximum atomic E-state index is 12.2. The first-order chi connectivity index (χ1) is 10.7. The summed E-state index contributed by atoms with van der Waals surface area (Å²) in [6.07, 6.45) is 0.415. The van der Waals surface area contributed by atoms with Gasteiger partial charge >= 0.3 is 0 Å². The number of aryl methyl sites for hydroxylation is 1. The highest BCUT2D eigenvalue weighted by Crippen LogP contribution is 2.35. The third-order valence-corrected chi connectivity index (χ3v) is 4.67. The normalized spacial score (nSPS) is 17.6. The number of nitrogens with zero attached hydrogens (tertiary/aromatic N) is 5. The Balaban J connectivity index is 1.84. The van der Waals surface area contributed by atoms with Crippen LogP contribution in [-0.4, -0.2) is 24.0 Å². The van der Waals surface area contributed by atoms with Crippen molar-refractivity contribution >= 4 is 22.4 Å². The van der Waals surface area contributed by atoms with Crippen molar-refractivity contribution in [2.45, 2.75) is 13.3 Å². The van der Waals surface area contributed by atoms with Crippen LogP contribution < -0.4 is 4.90 Å². The van der Waals surface area contributed by atoms with E-state index in [4.69, 9.17) is 5.53 Å². The van der Waals surface area contributed by atoms with Crippen LogP contribution in [-0.2, 0) is 4.79 Å². The smallest absolute Gasteiger partial charge is 0.229 e. The molecular formula is C15H15N5OS. The van der Waals surface area contributed by atoms with E-state index in [0.717, 1.165) is 21.3 Å². The van der Waals surface area contributed by atoms with Crippen LogP contribution in [0.2, 0.25) is 0 Å². The zero-order valence-electron chi connectivity index (χ0n) is 12.1. The summed E-state index contributed by atoms with van der Waals surface area (Å²) in [7, 11) is 0. The summed E-state index contributed by atoms with van der Waals surface area (Å²) >= 11 is 1.53. The summed E-state index contributed by atoms with van der Waals surface area (Å²) in [5.41, 5.74) is 10.4. The molecule has 0 radical (unpaired) electrons. The second-order valence-electron chi connectivity index (χ2n) is 5.26. The fourth-order valence-electron chi connectivity index (χ4n) is 2.60. The van der Waals surface area contributed by atoms with E-state index < -0.39 is 0 Å². The van der Waals surface area contributed by atoms with E-state index in [1.165, 1.54) is 11.3 Å². The number of anilines is 1. The summed E-state index contributed by atoms with van der Waals surface area (Å²) in [6.45, 7) is 2.94. The molecular weight excluding hydrogens is 298 g/mol. The summed E-state index contributed by atoms with van der Waals surface area (Å²) in [6, 6.07) is 9.95. The van der Waals surface area contributed by atoms with Crippen LogP contribution in [0.1, 0.15) is 11.3 Å². The second-order valence-corrected chi connectivity index (χ2v) is 6.44. The van der Waals surface area contributed by atoms with Gasteiger partial charge in [0, 0.05) is 34.9 Å². The number of azide groups is 1. The first kappa shape index (κ1) is 14.6. The minimum Gasteiger partial charge on any atom is -0.288 e. The Morgan fingerprint density at radius 2 is 2.23 bits per heavy atom. The van der Waals surface area contributed by atoms with Crippen molar-refractivity contribution < 1.29 is 4.79 Å². The molecule has 0 spiro atoms. The molecule has 1 atom stereocenters. The molecule has 2 aromatic rings. The molecule has 1 aromatic heterocycles. The average Bonchev–Trinajstić information content (AvgIpc) is 3.09. The fourth-order valence-corrected chi connectivity index (χ4v) is 3.56. The molecule has 1 aromatic carbocycles. The van der Waals surface area contributed by atoms with Gasteiger partial charge in [0.2, 0.25) is 5.91 Å². The summed E-state index contributed by atoms with van der Waals surface area (Å²) in [4.78, 5) is 22.4. The van der Waals surface area contributed by atoms with Gasteiger partial charge in [-0.3, -0.25) is 9.69 Å². The lowest BCUT2D eigenvalue weighted by atomic mass is 10.1. The quantitative estimate of drug-likeness (QED) is 0.489. The highest BCUT2D eigenvalue weighted by atomic mass is 32.1. The molecule has 1 fully saturated rings. The molecule has 0 aliphatic carbocycles. The molecule has 0 bridgehead atoms. The van der Waals surface area contributed by atoms with E-state index in [-0.39, 0.29) is 11.8 Å². The molecule has 2 heterocycles. The number of carbonyl (C=O) groups excluding carboxylic acids is 1. The Bertz CT molecular complexity index is 736. The largest absolute Gasteiger partial charge is 0.288 e. The predicted molar refractivity (Wildman–Crippen MR) is 86.8 cm³/mol. The summed E-state index contributed by atoms with van der Waals surface area (Å²) < 4.78 is 0. The van der Waals surface area contributed by atoms with Crippen molar-refractivity contribution in [1.29, 1.82) is 0 Å². The minimum atomic E-state index is 0.0477. The SMILES string of the molecule is Cc1sc(N2CC(CN=[N+]=[N-])CC2=O)nc1-c1ccccc1. The second kappa shape index (κ2) is 6.17. The van der Waals surface area contributed by atoms with Crippen molar-refractivity contribution in [2.75, 3.05) is 18.0 Å². The molecule has 3 rings (SSSR count). The Labute approximate surface area is 132 Å². The molecule has 1 unspecified atom stereocenters. The van der Waals surface area contributed by atoms with E-state index in [1.54, 1.807) is 4.90 Å². The standard InChI is InChI=1S/C15H15N5OS/c1-10-14(12-5-3-2-4-6-12)18-15(22-10)20-9-11(7-13(20)21)8-17-19-16/h2-6,11H,7-9H2,1H3. The minimum absolute atomic E-state index is 0.0477. The lowest BCUT2D eigenvalue weighted by Gasteiger charge is -2.11. The summed E-state index contributed by atoms with van der Waals surface area (Å²) in [5.74, 6) is 0.124. The molecule has 1 aliphatic heterocycles. The van der Waals surface area contributed by atoms with Crippen LogP contribution in [0, 0.1) is 12.8 Å². The van der Waals surface area contributed by atoms with Crippen molar-refractivity contribution in [2.24, 2.45) is 11.0 Å². The van der Waals surface area contributed by atoms with Crippen LogP contribution in [0.15, 0.2) is 35.4 Å². The highest BCUT2D eigenvalue weighted by Gasteiger charge is 2.32. The molecule has 1 amide bonds. The van der Waals surface area contributed by atoms with Gasteiger partial charge in [0.05, 0.1) is 5.69 Å². The van der Waals surface area contributed by atoms with Gasteiger partial charge in [0.25, 0.3) is 0 Å². The van der Waals surface area contributed by atoms with E-state index >= 15 is 0 Å².